The quantitative estimate of drug-likeness (QED) is 0.620. The number of nitrogens with zero attached hydrogens (tertiary/aromatic N) is 1. The van der Waals surface area contributed by atoms with Gasteiger partial charge in [-0.15, -0.1) is 0 Å². The summed E-state index contributed by atoms with van der Waals surface area (Å²) in [5.41, 5.74) is 0. The van der Waals surface area contributed by atoms with Crippen molar-refractivity contribution in [1.82, 2.24) is 4.90 Å². The number of likely N-dealkylation sites (tertiary alicyclic amines) is 1. The molecule has 1 saturated heterocycles. The maximum absolute atomic E-state index is 11.5. The summed E-state index contributed by atoms with van der Waals surface area (Å²) in [6.07, 6.45) is 2.42. The smallest absolute Gasteiger partial charge is 0.323 e. The van der Waals surface area contributed by atoms with E-state index in [0.717, 1.165) is 13.1 Å². The van der Waals surface area contributed by atoms with Crippen LogP contribution in [0, 0.1) is 5.92 Å². The van der Waals surface area contributed by atoms with Crippen molar-refractivity contribution in [2.45, 2.75) is 32.7 Å². The van der Waals surface area contributed by atoms with Crippen molar-refractivity contribution in [3.63, 3.8) is 0 Å². The van der Waals surface area contributed by atoms with Gasteiger partial charge in [0.25, 0.3) is 0 Å². The zero-order valence-electron chi connectivity index (χ0n) is 8.75. The van der Waals surface area contributed by atoms with Gasteiger partial charge in [-0.25, -0.2) is 0 Å². The Labute approximate surface area is 80.1 Å². The Bertz CT molecular complexity index is 174. The lowest BCUT2D eigenvalue weighted by Gasteiger charge is -2.27. The van der Waals surface area contributed by atoms with Crippen molar-refractivity contribution in [3.05, 3.63) is 0 Å². The zero-order chi connectivity index (χ0) is 9.84. The van der Waals surface area contributed by atoms with E-state index in [0.29, 0.717) is 5.92 Å². The second kappa shape index (κ2) is 4.61. The van der Waals surface area contributed by atoms with Crippen LogP contribution >= 0.6 is 0 Å². The highest BCUT2D eigenvalue weighted by molar-refractivity contribution is 5.76. The third-order valence-electron chi connectivity index (χ3n) is 2.61. The summed E-state index contributed by atoms with van der Waals surface area (Å²) in [6, 6.07) is -0.0347. The van der Waals surface area contributed by atoms with Crippen molar-refractivity contribution < 1.29 is 9.53 Å². The highest BCUT2D eigenvalue weighted by atomic mass is 16.5. The van der Waals surface area contributed by atoms with E-state index in [1.807, 2.05) is 0 Å². The number of methoxy groups -OCH3 is 1. The van der Waals surface area contributed by atoms with E-state index < -0.39 is 0 Å². The number of esters is 1. The number of hydrogen-bond acceptors (Lipinski definition) is 3. The van der Waals surface area contributed by atoms with Crippen molar-refractivity contribution in [1.29, 1.82) is 0 Å². The first-order valence-electron chi connectivity index (χ1n) is 4.98. The van der Waals surface area contributed by atoms with E-state index in [4.69, 9.17) is 4.74 Å². The topological polar surface area (TPSA) is 29.5 Å². The first-order valence-corrected chi connectivity index (χ1v) is 4.98. The Morgan fingerprint density at radius 1 is 1.31 bits per heavy atom. The minimum absolute atomic E-state index is 0.0347. The Balaban J connectivity index is 2.60. The highest BCUT2D eigenvalue weighted by Gasteiger charge is 2.31. The van der Waals surface area contributed by atoms with Crippen molar-refractivity contribution in [2.75, 3.05) is 20.2 Å². The van der Waals surface area contributed by atoms with Gasteiger partial charge in [-0.3, -0.25) is 9.69 Å². The fourth-order valence-corrected chi connectivity index (χ4v) is 1.98. The molecule has 3 nitrogen and oxygen atoms in total. The average molecular weight is 185 g/mol. The maximum atomic E-state index is 11.5. The van der Waals surface area contributed by atoms with Crippen molar-refractivity contribution >= 4 is 5.97 Å². The molecule has 0 bridgehead atoms. The molecule has 0 spiro atoms. The molecular formula is C10H19NO2. The summed E-state index contributed by atoms with van der Waals surface area (Å²) in [5, 5.41) is 0. The average Bonchev–Trinajstić information content (AvgIpc) is 2.56. The molecule has 1 aliphatic rings. The molecule has 1 unspecified atom stereocenters. The van der Waals surface area contributed by atoms with Crippen LogP contribution < -0.4 is 0 Å². The Kier molecular flexibility index (Phi) is 3.72. The number of rotatable bonds is 3. The summed E-state index contributed by atoms with van der Waals surface area (Å²) in [5.74, 6) is 0.252. The zero-order valence-corrected chi connectivity index (χ0v) is 8.75. The van der Waals surface area contributed by atoms with Crippen LogP contribution in [0.4, 0.5) is 0 Å². The van der Waals surface area contributed by atoms with Gasteiger partial charge in [-0.2, -0.15) is 0 Å². The SMILES string of the molecule is COC(=O)C(C(C)C)N1CCCC1. The van der Waals surface area contributed by atoms with Crippen molar-refractivity contribution in [2.24, 2.45) is 5.92 Å². The van der Waals surface area contributed by atoms with E-state index >= 15 is 0 Å². The van der Waals surface area contributed by atoms with Crippen LogP contribution in [0.5, 0.6) is 0 Å². The van der Waals surface area contributed by atoms with Gasteiger partial charge < -0.3 is 4.74 Å². The Morgan fingerprint density at radius 2 is 1.85 bits per heavy atom. The summed E-state index contributed by atoms with van der Waals surface area (Å²) in [4.78, 5) is 13.7. The predicted molar refractivity (Wildman–Crippen MR) is 51.4 cm³/mol. The Hall–Kier alpha value is -0.570. The van der Waals surface area contributed by atoms with Crippen LogP contribution in [0.15, 0.2) is 0 Å². The first kappa shape index (κ1) is 10.5. The van der Waals surface area contributed by atoms with E-state index in [9.17, 15) is 4.79 Å². The third kappa shape index (κ3) is 2.44. The van der Waals surface area contributed by atoms with Crippen LogP contribution in [0.1, 0.15) is 26.7 Å². The normalized spacial score (nSPS) is 20.6. The molecule has 0 aromatic heterocycles. The molecule has 0 radical (unpaired) electrons. The fraction of sp³-hybridized carbons (Fsp3) is 0.900. The van der Waals surface area contributed by atoms with Gasteiger partial charge in [0.2, 0.25) is 0 Å². The number of carbonyl (C=O) groups excluding carboxylic acids is 1. The molecule has 1 rings (SSSR count). The Morgan fingerprint density at radius 3 is 2.23 bits per heavy atom. The standard InChI is InChI=1S/C10H19NO2/c1-8(2)9(10(12)13-3)11-6-4-5-7-11/h8-9H,4-7H2,1-3H3. The van der Waals surface area contributed by atoms with Crippen LogP contribution in [0.3, 0.4) is 0 Å². The maximum Gasteiger partial charge on any atom is 0.323 e. The number of carbonyl (C=O) groups is 1. The minimum atomic E-state index is -0.0862. The van der Waals surface area contributed by atoms with Gasteiger partial charge in [0.05, 0.1) is 7.11 Å². The molecule has 13 heavy (non-hydrogen) atoms. The largest absolute Gasteiger partial charge is 0.468 e. The second-order valence-electron chi connectivity index (χ2n) is 3.96. The molecular weight excluding hydrogens is 166 g/mol. The molecule has 0 amide bonds. The van der Waals surface area contributed by atoms with E-state index in [1.165, 1.54) is 20.0 Å². The fourth-order valence-electron chi connectivity index (χ4n) is 1.98. The molecule has 0 N–H and O–H groups in total. The van der Waals surface area contributed by atoms with Gasteiger partial charge in [-0.05, 0) is 31.8 Å². The van der Waals surface area contributed by atoms with Crippen LogP contribution in [-0.4, -0.2) is 37.1 Å². The molecule has 3 heteroatoms. The van der Waals surface area contributed by atoms with Gasteiger partial charge in [-0.1, -0.05) is 13.8 Å². The molecule has 0 aromatic carbocycles. The molecule has 76 valence electrons. The summed E-state index contributed by atoms with van der Waals surface area (Å²) < 4.78 is 4.81. The lowest BCUT2D eigenvalue weighted by Crippen LogP contribution is -2.43. The third-order valence-corrected chi connectivity index (χ3v) is 2.61. The van der Waals surface area contributed by atoms with Gasteiger partial charge in [0.15, 0.2) is 0 Å². The minimum Gasteiger partial charge on any atom is -0.468 e. The summed E-state index contributed by atoms with van der Waals surface area (Å²) in [7, 11) is 1.47. The van der Waals surface area contributed by atoms with Gasteiger partial charge in [0, 0.05) is 0 Å². The lowest BCUT2D eigenvalue weighted by atomic mass is 10.0. The van der Waals surface area contributed by atoms with Crippen LogP contribution in [0.2, 0.25) is 0 Å². The highest BCUT2D eigenvalue weighted by Crippen LogP contribution is 2.18. The summed E-state index contributed by atoms with van der Waals surface area (Å²) in [6.45, 7) is 6.22. The molecule has 1 heterocycles. The first-order chi connectivity index (χ1) is 6.16. The predicted octanol–water partition coefficient (Wildman–Crippen LogP) is 1.28. The van der Waals surface area contributed by atoms with Gasteiger partial charge >= 0.3 is 5.97 Å². The molecule has 0 aliphatic carbocycles. The second-order valence-corrected chi connectivity index (χ2v) is 3.96. The van der Waals surface area contributed by atoms with E-state index in [1.54, 1.807) is 0 Å². The van der Waals surface area contributed by atoms with Crippen LogP contribution in [-0.2, 0) is 9.53 Å². The molecule has 1 atom stereocenters. The van der Waals surface area contributed by atoms with Crippen molar-refractivity contribution in [3.8, 4) is 0 Å². The summed E-state index contributed by atoms with van der Waals surface area (Å²) >= 11 is 0. The number of hydrogen-bond donors (Lipinski definition) is 0. The molecule has 1 aliphatic heterocycles. The lowest BCUT2D eigenvalue weighted by molar-refractivity contribution is -0.148. The number of ether oxygens (including phenoxy) is 1. The monoisotopic (exact) mass is 185 g/mol. The van der Waals surface area contributed by atoms with Crippen LogP contribution in [0.25, 0.3) is 0 Å². The molecule has 1 fully saturated rings. The molecule has 0 aromatic rings. The molecule has 0 saturated carbocycles. The van der Waals surface area contributed by atoms with Gasteiger partial charge in [0.1, 0.15) is 6.04 Å². The van der Waals surface area contributed by atoms with E-state index in [2.05, 4.69) is 18.7 Å². The van der Waals surface area contributed by atoms with E-state index in [-0.39, 0.29) is 12.0 Å².